The van der Waals surface area contributed by atoms with Crippen molar-refractivity contribution in [2.45, 2.75) is 10.8 Å². The number of thioether (sulfide) groups is 1. The molecule has 3 aromatic rings. The number of nitrogens with zero attached hydrogens (tertiary/aromatic N) is 3. The largest absolute Gasteiger partial charge is 0.305 e. The van der Waals surface area contributed by atoms with Crippen LogP contribution >= 0.6 is 11.8 Å². The summed E-state index contributed by atoms with van der Waals surface area (Å²) in [6, 6.07) is 18.4. The number of hydrogen-bond acceptors (Lipinski definition) is 5. The Morgan fingerprint density at radius 3 is 2.48 bits per heavy atom. The van der Waals surface area contributed by atoms with Crippen LogP contribution in [0.2, 0.25) is 0 Å². The van der Waals surface area contributed by atoms with Gasteiger partial charge >= 0.3 is 0 Å². The minimum Gasteiger partial charge on any atom is -0.305 e. The number of benzene rings is 1. The molecule has 0 radical (unpaired) electrons. The van der Waals surface area contributed by atoms with E-state index in [1.54, 1.807) is 36.2 Å². The van der Waals surface area contributed by atoms with Gasteiger partial charge in [0.1, 0.15) is 5.03 Å². The Labute approximate surface area is 138 Å². The highest BCUT2D eigenvalue weighted by molar-refractivity contribution is 7.98. The molecule has 6 heteroatoms. The molecule has 0 aliphatic carbocycles. The first-order valence-corrected chi connectivity index (χ1v) is 8.03. The summed E-state index contributed by atoms with van der Waals surface area (Å²) in [6.07, 6.45) is 1.77. The van der Waals surface area contributed by atoms with Crippen LogP contribution in [0, 0.1) is 0 Å². The summed E-state index contributed by atoms with van der Waals surface area (Å²) in [4.78, 5) is 16.3. The summed E-state index contributed by atoms with van der Waals surface area (Å²) < 4.78 is 0. The SMILES string of the molecule is O=C(Nc1ccc(SCc2ccccn2)nn1)c1ccccc1. The van der Waals surface area contributed by atoms with Gasteiger partial charge in [-0.05, 0) is 36.4 Å². The standard InChI is InChI=1S/C17H14N4OS/c22-17(13-6-2-1-3-7-13)19-15-9-10-16(21-20-15)23-12-14-8-4-5-11-18-14/h1-11H,12H2,(H,19,20,22). The first-order valence-electron chi connectivity index (χ1n) is 7.04. The maximum absolute atomic E-state index is 12.0. The topological polar surface area (TPSA) is 67.8 Å². The quantitative estimate of drug-likeness (QED) is 0.729. The van der Waals surface area contributed by atoms with Crippen LogP contribution in [0.5, 0.6) is 0 Å². The van der Waals surface area contributed by atoms with Crippen LogP contribution in [-0.4, -0.2) is 21.1 Å². The summed E-state index contributed by atoms with van der Waals surface area (Å²) >= 11 is 1.55. The van der Waals surface area contributed by atoms with Gasteiger partial charge in [-0.25, -0.2) is 0 Å². The Bertz CT molecular complexity index is 764. The van der Waals surface area contributed by atoms with Gasteiger partial charge in [-0.1, -0.05) is 36.0 Å². The maximum atomic E-state index is 12.0. The van der Waals surface area contributed by atoms with Crippen molar-refractivity contribution in [3.05, 3.63) is 78.1 Å². The zero-order chi connectivity index (χ0) is 15.9. The van der Waals surface area contributed by atoms with Crippen molar-refractivity contribution < 1.29 is 4.79 Å². The van der Waals surface area contributed by atoms with E-state index in [2.05, 4.69) is 20.5 Å². The normalized spacial score (nSPS) is 10.3. The van der Waals surface area contributed by atoms with Crippen LogP contribution in [0.25, 0.3) is 0 Å². The summed E-state index contributed by atoms with van der Waals surface area (Å²) in [5.74, 6) is 0.959. The number of carbonyl (C=O) groups excluding carboxylic acids is 1. The molecule has 0 spiro atoms. The third-order valence-electron chi connectivity index (χ3n) is 3.01. The first kappa shape index (κ1) is 15.2. The van der Waals surface area contributed by atoms with Gasteiger partial charge in [0.25, 0.3) is 5.91 Å². The lowest BCUT2D eigenvalue weighted by molar-refractivity contribution is 0.102. The highest BCUT2D eigenvalue weighted by atomic mass is 32.2. The molecule has 0 aliphatic heterocycles. The first-order chi connectivity index (χ1) is 11.3. The molecule has 114 valence electrons. The zero-order valence-electron chi connectivity index (χ0n) is 12.2. The van der Waals surface area contributed by atoms with E-state index in [0.29, 0.717) is 11.4 Å². The van der Waals surface area contributed by atoms with Crippen LogP contribution in [0.1, 0.15) is 16.1 Å². The number of hydrogen-bond donors (Lipinski definition) is 1. The molecule has 1 aromatic carbocycles. The van der Waals surface area contributed by atoms with Gasteiger partial charge in [0, 0.05) is 17.5 Å². The average molecular weight is 322 g/mol. The van der Waals surface area contributed by atoms with E-state index in [4.69, 9.17) is 0 Å². The molecular weight excluding hydrogens is 308 g/mol. The van der Waals surface area contributed by atoms with Crippen LogP contribution in [0.15, 0.2) is 71.9 Å². The highest BCUT2D eigenvalue weighted by Crippen LogP contribution is 2.19. The van der Waals surface area contributed by atoms with E-state index in [9.17, 15) is 4.79 Å². The molecule has 0 saturated heterocycles. The van der Waals surface area contributed by atoms with E-state index in [-0.39, 0.29) is 5.91 Å². The van der Waals surface area contributed by atoms with Gasteiger partial charge in [0.05, 0.1) is 5.69 Å². The molecule has 0 saturated carbocycles. The molecule has 0 bridgehead atoms. The van der Waals surface area contributed by atoms with Crippen molar-refractivity contribution >= 4 is 23.5 Å². The summed E-state index contributed by atoms with van der Waals surface area (Å²) in [5.41, 5.74) is 1.57. The third-order valence-corrected chi connectivity index (χ3v) is 3.97. The highest BCUT2D eigenvalue weighted by Gasteiger charge is 2.06. The molecule has 2 heterocycles. The second-order valence-electron chi connectivity index (χ2n) is 4.69. The van der Waals surface area contributed by atoms with Crippen LogP contribution in [-0.2, 0) is 5.75 Å². The van der Waals surface area contributed by atoms with Gasteiger partial charge in [0.2, 0.25) is 0 Å². The molecule has 0 unspecified atom stereocenters. The van der Waals surface area contributed by atoms with Gasteiger partial charge in [-0.3, -0.25) is 9.78 Å². The van der Waals surface area contributed by atoms with Crippen molar-refractivity contribution in [3.8, 4) is 0 Å². The van der Waals surface area contributed by atoms with Gasteiger partial charge < -0.3 is 5.32 Å². The lowest BCUT2D eigenvalue weighted by atomic mass is 10.2. The molecule has 1 N–H and O–H groups in total. The molecule has 5 nitrogen and oxygen atoms in total. The molecule has 0 aliphatic rings. The van der Waals surface area contributed by atoms with Crippen LogP contribution in [0.3, 0.4) is 0 Å². The second kappa shape index (κ2) is 7.51. The second-order valence-corrected chi connectivity index (χ2v) is 5.68. The minimum absolute atomic E-state index is 0.200. The number of carbonyl (C=O) groups is 1. The fourth-order valence-electron chi connectivity index (χ4n) is 1.87. The molecule has 1 amide bonds. The van der Waals surface area contributed by atoms with Crippen LogP contribution < -0.4 is 5.32 Å². The van der Waals surface area contributed by atoms with E-state index in [1.807, 2.05) is 42.5 Å². The molecule has 2 aromatic heterocycles. The maximum Gasteiger partial charge on any atom is 0.256 e. The predicted molar refractivity (Wildman–Crippen MR) is 90.2 cm³/mol. The zero-order valence-corrected chi connectivity index (χ0v) is 13.0. The van der Waals surface area contributed by atoms with Gasteiger partial charge in [-0.15, -0.1) is 10.2 Å². The Hall–Kier alpha value is -2.73. The van der Waals surface area contributed by atoms with Crippen molar-refractivity contribution in [2.24, 2.45) is 0 Å². The van der Waals surface area contributed by atoms with Gasteiger partial charge in [0.15, 0.2) is 5.82 Å². The molecular formula is C17H14N4OS. The monoisotopic (exact) mass is 322 g/mol. The lowest BCUT2D eigenvalue weighted by Gasteiger charge is -2.04. The number of aromatic nitrogens is 3. The fraction of sp³-hybridized carbons (Fsp3) is 0.0588. The summed E-state index contributed by atoms with van der Waals surface area (Å²) in [6.45, 7) is 0. The lowest BCUT2D eigenvalue weighted by Crippen LogP contribution is -2.13. The number of nitrogens with one attached hydrogen (secondary N) is 1. The predicted octanol–water partition coefficient (Wildman–Crippen LogP) is 3.42. The van der Waals surface area contributed by atoms with E-state index in [0.717, 1.165) is 16.5 Å². The summed E-state index contributed by atoms with van der Waals surface area (Å²) in [5, 5.41) is 11.7. The molecule has 23 heavy (non-hydrogen) atoms. The third kappa shape index (κ3) is 4.37. The smallest absolute Gasteiger partial charge is 0.256 e. The number of rotatable bonds is 5. The minimum atomic E-state index is -0.200. The van der Waals surface area contributed by atoms with Crippen molar-refractivity contribution in [1.82, 2.24) is 15.2 Å². The Balaban J connectivity index is 1.58. The molecule has 0 atom stereocenters. The average Bonchev–Trinajstić information content (AvgIpc) is 2.63. The van der Waals surface area contributed by atoms with Crippen molar-refractivity contribution in [3.63, 3.8) is 0 Å². The van der Waals surface area contributed by atoms with Crippen molar-refractivity contribution in [2.75, 3.05) is 5.32 Å². The molecule has 0 fully saturated rings. The Kier molecular flexibility index (Phi) is 4.95. The van der Waals surface area contributed by atoms with E-state index >= 15 is 0 Å². The number of amides is 1. The Morgan fingerprint density at radius 1 is 0.957 bits per heavy atom. The van der Waals surface area contributed by atoms with Crippen LogP contribution in [0.4, 0.5) is 5.82 Å². The number of anilines is 1. The van der Waals surface area contributed by atoms with Crippen molar-refractivity contribution in [1.29, 1.82) is 0 Å². The van der Waals surface area contributed by atoms with E-state index < -0.39 is 0 Å². The van der Waals surface area contributed by atoms with Gasteiger partial charge in [-0.2, -0.15) is 0 Å². The Morgan fingerprint density at radius 2 is 1.78 bits per heavy atom. The molecule has 3 rings (SSSR count). The van der Waals surface area contributed by atoms with E-state index in [1.165, 1.54) is 0 Å². The number of pyridine rings is 1. The fourth-order valence-corrected chi connectivity index (χ4v) is 2.60. The summed E-state index contributed by atoms with van der Waals surface area (Å²) in [7, 11) is 0.